The Labute approximate surface area is 150 Å². The lowest BCUT2D eigenvalue weighted by Crippen LogP contribution is -2.34. The van der Waals surface area contributed by atoms with Crippen molar-refractivity contribution in [2.24, 2.45) is 5.92 Å². The summed E-state index contributed by atoms with van der Waals surface area (Å²) < 4.78 is 9.94. The van der Waals surface area contributed by atoms with Crippen LogP contribution in [0.5, 0.6) is 5.75 Å². The molecule has 122 valence electrons. The maximum absolute atomic E-state index is 6.51. The van der Waals surface area contributed by atoms with Crippen molar-refractivity contribution in [3.05, 3.63) is 51.2 Å². The minimum absolute atomic E-state index is 0.0923. The van der Waals surface area contributed by atoms with Crippen LogP contribution in [0.1, 0.15) is 30.2 Å². The smallest absolute Gasteiger partial charge is 0.141 e. The second-order valence-electron chi connectivity index (χ2n) is 6.60. The molecule has 1 aromatic heterocycles. The summed E-state index contributed by atoms with van der Waals surface area (Å²) in [5.74, 6) is 1.47. The van der Waals surface area contributed by atoms with Crippen LogP contribution in [0, 0.1) is 5.92 Å². The van der Waals surface area contributed by atoms with E-state index in [1.807, 2.05) is 12.1 Å². The van der Waals surface area contributed by atoms with Crippen LogP contribution in [-0.2, 0) is 6.54 Å². The first-order valence-electron chi connectivity index (χ1n) is 8.10. The van der Waals surface area contributed by atoms with Crippen molar-refractivity contribution in [3.63, 3.8) is 0 Å². The molecule has 0 radical (unpaired) electrons. The van der Waals surface area contributed by atoms with Gasteiger partial charge in [-0.15, -0.1) is 0 Å². The van der Waals surface area contributed by atoms with Crippen LogP contribution in [-0.4, -0.2) is 29.6 Å². The van der Waals surface area contributed by atoms with E-state index in [0.29, 0.717) is 5.92 Å². The van der Waals surface area contributed by atoms with Gasteiger partial charge < -0.3 is 14.2 Å². The number of rotatable bonds is 1. The molecular weight excluding hydrogens is 376 g/mol. The molecule has 2 aliphatic rings. The van der Waals surface area contributed by atoms with Gasteiger partial charge in [-0.05, 0) is 73.2 Å². The van der Waals surface area contributed by atoms with Crippen LogP contribution < -0.4 is 4.74 Å². The first kappa shape index (κ1) is 15.6. The number of nitrogens with zero attached hydrogens (tertiary/aromatic N) is 2. The molecule has 1 unspecified atom stereocenters. The summed E-state index contributed by atoms with van der Waals surface area (Å²) in [5.41, 5.74) is 2.45. The van der Waals surface area contributed by atoms with Gasteiger partial charge in [0.05, 0.1) is 16.8 Å². The lowest BCUT2D eigenvalue weighted by Gasteiger charge is -2.34. The Hall–Kier alpha value is -0.970. The highest BCUT2D eigenvalue weighted by atomic mass is 79.9. The first-order valence-corrected chi connectivity index (χ1v) is 9.27. The average molecular weight is 396 g/mol. The quantitative estimate of drug-likeness (QED) is 0.694. The molecule has 0 N–H and O–H groups in total. The standard InChI is InChI=1S/C18H20BrClN2O/c1-21-8-6-12(7-9-21)18-15-4-5-17(19)22(15)11-13-2-3-14(20)10-16(13)23-18/h2-5,10,12,18H,6-9,11H2,1H3. The molecule has 0 saturated carbocycles. The van der Waals surface area contributed by atoms with Gasteiger partial charge in [0.1, 0.15) is 11.9 Å². The van der Waals surface area contributed by atoms with Gasteiger partial charge in [0, 0.05) is 16.5 Å². The highest BCUT2D eigenvalue weighted by Crippen LogP contribution is 2.41. The van der Waals surface area contributed by atoms with Gasteiger partial charge in [0.2, 0.25) is 0 Å². The molecule has 1 atom stereocenters. The fraction of sp³-hybridized carbons (Fsp3) is 0.444. The Bertz CT molecular complexity index is 722. The number of hydrogen-bond acceptors (Lipinski definition) is 2. The largest absolute Gasteiger partial charge is 0.484 e. The first-order chi connectivity index (χ1) is 11.1. The van der Waals surface area contributed by atoms with Crippen molar-refractivity contribution in [1.29, 1.82) is 0 Å². The van der Waals surface area contributed by atoms with E-state index in [-0.39, 0.29) is 6.10 Å². The number of likely N-dealkylation sites (tertiary alicyclic amines) is 1. The molecule has 0 bridgehead atoms. The van der Waals surface area contributed by atoms with Gasteiger partial charge in [0.25, 0.3) is 0 Å². The predicted molar refractivity (Wildman–Crippen MR) is 96.3 cm³/mol. The van der Waals surface area contributed by atoms with Crippen LogP contribution >= 0.6 is 27.5 Å². The van der Waals surface area contributed by atoms with Gasteiger partial charge in [-0.2, -0.15) is 0 Å². The molecule has 3 heterocycles. The van der Waals surface area contributed by atoms with E-state index < -0.39 is 0 Å². The number of halogens is 2. The Balaban J connectivity index is 1.75. The maximum atomic E-state index is 6.51. The minimum Gasteiger partial charge on any atom is -0.484 e. The van der Waals surface area contributed by atoms with E-state index in [9.17, 15) is 0 Å². The Kier molecular flexibility index (Phi) is 4.16. The Morgan fingerprint density at radius 3 is 2.74 bits per heavy atom. The molecule has 4 rings (SSSR count). The molecule has 3 nitrogen and oxygen atoms in total. The highest BCUT2D eigenvalue weighted by Gasteiger charge is 2.33. The second kappa shape index (κ2) is 6.15. The van der Waals surface area contributed by atoms with Crippen LogP contribution in [0.25, 0.3) is 0 Å². The second-order valence-corrected chi connectivity index (χ2v) is 7.85. The lowest BCUT2D eigenvalue weighted by molar-refractivity contribution is 0.0822. The molecule has 1 saturated heterocycles. The van der Waals surface area contributed by atoms with E-state index in [0.717, 1.165) is 35.0 Å². The van der Waals surface area contributed by atoms with E-state index in [1.165, 1.54) is 24.1 Å². The van der Waals surface area contributed by atoms with E-state index in [4.69, 9.17) is 16.3 Å². The van der Waals surface area contributed by atoms with Gasteiger partial charge in [-0.25, -0.2) is 0 Å². The van der Waals surface area contributed by atoms with Crippen LogP contribution in [0.15, 0.2) is 34.9 Å². The summed E-state index contributed by atoms with van der Waals surface area (Å²) in [7, 11) is 2.19. The zero-order chi connectivity index (χ0) is 16.0. The molecular formula is C18H20BrClN2O. The van der Waals surface area contributed by atoms with Gasteiger partial charge in [0.15, 0.2) is 0 Å². The number of hydrogen-bond donors (Lipinski definition) is 0. The monoisotopic (exact) mass is 394 g/mol. The van der Waals surface area contributed by atoms with Gasteiger partial charge in [-0.1, -0.05) is 17.7 Å². The van der Waals surface area contributed by atoms with E-state index >= 15 is 0 Å². The van der Waals surface area contributed by atoms with Gasteiger partial charge in [-0.3, -0.25) is 0 Å². The third-order valence-electron chi connectivity index (χ3n) is 5.06. The summed E-state index contributed by atoms with van der Waals surface area (Å²) in [6.07, 6.45) is 2.43. The molecule has 23 heavy (non-hydrogen) atoms. The third-order valence-corrected chi connectivity index (χ3v) is 5.98. The normalized spacial score (nSPS) is 22.1. The van der Waals surface area contributed by atoms with E-state index in [2.05, 4.69) is 50.6 Å². The topological polar surface area (TPSA) is 17.4 Å². The molecule has 2 aromatic rings. The number of piperidine rings is 1. The average Bonchev–Trinajstić information content (AvgIpc) is 2.80. The van der Waals surface area contributed by atoms with Crippen molar-refractivity contribution < 1.29 is 4.74 Å². The number of ether oxygens (including phenoxy) is 1. The maximum Gasteiger partial charge on any atom is 0.141 e. The third kappa shape index (κ3) is 2.92. The lowest BCUT2D eigenvalue weighted by atomic mass is 9.89. The van der Waals surface area contributed by atoms with Crippen LogP contribution in [0.2, 0.25) is 5.02 Å². The van der Waals surface area contributed by atoms with E-state index in [1.54, 1.807) is 0 Å². The Morgan fingerprint density at radius 1 is 1.17 bits per heavy atom. The molecule has 1 fully saturated rings. The van der Waals surface area contributed by atoms with Crippen molar-refractivity contribution in [3.8, 4) is 5.75 Å². The summed E-state index contributed by atoms with van der Waals surface area (Å²) in [6, 6.07) is 10.3. The predicted octanol–water partition coefficient (Wildman–Crippen LogP) is 4.73. The zero-order valence-corrected chi connectivity index (χ0v) is 15.5. The van der Waals surface area contributed by atoms with Crippen LogP contribution in [0.4, 0.5) is 0 Å². The number of fused-ring (bicyclic) bond motifs is 2. The molecule has 0 amide bonds. The zero-order valence-electron chi connectivity index (χ0n) is 13.1. The van der Waals surface area contributed by atoms with Crippen molar-refractivity contribution in [1.82, 2.24) is 9.47 Å². The molecule has 5 heteroatoms. The molecule has 2 aliphatic heterocycles. The summed E-state index contributed by atoms with van der Waals surface area (Å²) in [6.45, 7) is 3.09. The highest BCUT2D eigenvalue weighted by molar-refractivity contribution is 9.10. The van der Waals surface area contributed by atoms with Crippen molar-refractivity contribution >= 4 is 27.5 Å². The summed E-state index contributed by atoms with van der Waals surface area (Å²) >= 11 is 9.88. The fourth-order valence-corrected chi connectivity index (χ4v) is 4.30. The van der Waals surface area contributed by atoms with Gasteiger partial charge >= 0.3 is 0 Å². The molecule has 1 aromatic carbocycles. The fourth-order valence-electron chi connectivity index (χ4n) is 3.68. The number of benzene rings is 1. The minimum atomic E-state index is 0.0923. The Morgan fingerprint density at radius 2 is 1.96 bits per heavy atom. The molecule has 0 aliphatic carbocycles. The van der Waals surface area contributed by atoms with Crippen LogP contribution in [0.3, 0.4) is 0 Å². The van der Waals surface area contributed by atoms with Crippen molar-refractivity contribution in [2.45, 2.75) is 25.5 Å². The SMILES string of the molecule is CN1CCC(C2Oc3cc(Cl)ccc3Cn3c(Br)ccc32)CC1. The summed E-state index contributed by atoms with van der Waals surface area (Å²) in [5, 5.41) is 0.733. The number of aromatic nitrogens is 1. The molecule has 0 spiro atoms. The summed E-state index contributed by atoms with van der Waals surface area (Å²) in [4.78, 5) is 2.40. The van der Waals surface area contributed by atoms with Crippen molar-refractivity contribution in [2.75, 3.05) is 20.1 Å².